The van der Waals surface area contributed by atoms with Gasteiger partial charge in [-0.1, -0.05) is 24.6 Å². The van der Waals surface area contributed by atoms with Gasteiger partial charge in [0, 0.05) is 25.8 Å². The Bertz CT molecular complexity index is 313. The Hall–Kier alpha value is -0.440. The van der Waals surface area contributed by atoms with Crippen molar-refractivity contribution >= 4 is 30.5 Å². The summed E-state index contributed by atoms with van der Waals surface area (Å²) >= 11 is 0. The highest BCUT2D eigenvalue weighted by molar-refractivity contribution is 5.85. The summed E-state index contributed by atoms with van der Waals surface area (Å²) < 4.78 is 0. The Labute approximate surface area is 123 Å². The Morgan fingerprint density at radius 1 is 1.00 bits per heavy atom. The summed E-state index contributed by atoms with van der Waals surface area (Å²) in [5, 5.41) is 0. The lowest BCUT2D eigenvalue weighted by molar-refractivity contribution is 0.173. The van der Waals surface area contributed by atoms with Crippen LogP contribution in [0.5, 0.6) is 0 Å². The average Bonchev–Trinajstić information content (AvgIpc) is 2.39. The number of nitrogens with zero attached hydrogens (tertiary/aromatic N) is 2. The van der Waals surface area contributed by atoms with Crippen LogP contribution in [0.25, 0.3) is 0 Å². The van der Waals surface area contributed by atoms with E-state index >= 15 is 0 Å². The third-order valence-electron chi connectivity index (χ3n) is 3.64. The van der Waals surface area contributed by atoms with Crippen LogP contribution in [-0.2, 0) is 0 Å². The number of hydrogen-bond donors (Lipinski definition) is 0. The summed E-state index contributed by atoms with van der Waals surface area (Å²) in [6.45, 7) is 4.80. The Morgan fingerprint density at radius 2 is 1.56 bits per heavy atom. The van der Waals surface area contributed by atoms with Crippen molar-refractivity contribution in [1.82, 2.24) is 4.90 Å². The number of hydrogen-bond acceptors (Lipinski definition) is 2. The molecular weight excluding hydrogens is 267 g/mol. The number of likely N-dealkylation sites (tertiary alicyclic amines) is 1. The molecule has 1 heterocycles. The molecule has 0 aliphatic carbocycles. The molecule has 1 atom stereocenters. The van der Waals surface area contributed by atoms with Gasteiger partial charge in [-0.15, -0.1) is 24.8 Å². The molecule has 1 aliphatic heterocycles. The molecule has 2 rings (SSSR count). The molecule has 0 aromatic heterocycles. The van der Waals surface area contributed by atoms with Crippen molar-refractivity contribution in [1.29, 1.82) is 0 Å². The van der Waals surface area contributed by atoms with E-state index in [1.54, 1.807) is 0 Å². The largest absolute Gasteiger partial charge is 0.359 e. The van der Waals surface area contributed by atoms with Gasteiger partial charge in [0.1, 0.15) is 0 Å². The van der Waals surface area contributed by atoms with Crippen molar-refractivity contribution in [2.24, 2.45) is 0 Å². The lowest BCUT2D eigenvalue weighted by atomic mass is 10.1. The van der Waals surface area contributed by atoms with Gasteiger partial charge < -0.3 is 4.90 Å². The van der Waals surface area contributed by atoms with Crippen LogP contribution in [0.1, 0.15) is 26.2 Å². The maximum Gasteiger partial charge on any atom is 0.0788 e. The molecule has 1 saturated heterocycles. The van der Waals surface area contributed by atoms with Gasteiger partial charge in [-0.05, 0) is 31.9 Å². The second-order valence-corrected chi connectivity index (χ2v) is 4.67. The van der Waals surface area contributed by atoms with Crippen LogP contribution in [0.2, 0.25) is 0 Å². The number of rotatable bonds is 3. The number of halogens is 2. The highest BCUT2D eigenvalue weighted by atomic mass is 35.5. The summed E-state index contributed by atoms with van der Waals surface area (Å²) in [5.74, 6) is 0. The number of piperidine rings is 1. The first kappa shape index (κ1) is 17.6. The molecule has 104 valence electrons. The minimum Gasteiger partial charge on any atom is -0.359 e. The second-order valence-electron chi connectivity index (χ2n) is 4.67. The zero-order chi connectivity index (χ0) is 11.4. The van der Waals surface area contributed by atoms with Gasteiger partial charge in [-0.2, -0.15) is 0 Å². The van der Waals surface area contributed by atoms with Crippen molar-refractivity contribution in [2.45, 2.75) is 32.4 Å². The molecule has 0 amide bonds. The summed E-state index contributed by atoms with van der Waals surface area (Å²) in [4.78, 5) is 4.95. The Balaban J connectivity index is 0.00000144. The van der Waals surface area contributed by atoms with Crippen LogP contribution < -0.4 is 4.90 Å². The summed E-state index contributed by atoms with van der Waals surface area (Å²) in [6.07, 6.45) is 4.61. The van der Waals surface area contributed by atoms with E-state index < -0.39 is 0 Å². The van der Waals surface area contributed by atoms with E-state index in [2.05, 4.69) is 54.1 Å². The highest BCUT2D eigenvalue weighted by Gasteiger charge is 2.19. The fraction of sp³-hybridized carbons (Fsp3) is 0.571. The lowest BCUT2D eigenvalue weighted by Gasteiger charge is -2.38. The molecule has 4 heteroatoms. The minimum absolute atomic E-state index is 0. The quantitative estimate of drug-likeness (QED) is 0.836. The smallest absolute Gasteiger partial charge is 0.0788 e. The molecule has 0 bridgehead atoms. The predicted octanol–water partition coefficient (Wildman–Crippen LogP) is 3.80. The van der Waals surface area contributed by atoms with Crippen LogP contribution >= 0.6 is 24.8 Å². The zero-order valence-electron chi connectivity index (χ0n) is 11.2. The number of benzene rings is 1. The van der Waals surface area contributed by atoms with Crippen LogP contribution in [0, 0.1) is 0 Å². The van der Waals surface area contributed by atoms with Gasteiger partial charge in [-0.3, -0.25) is 4.90 Å². The van der Waals surface area contributed by atoms with Gasteiger partial charge >= 0.3 is 0 Å². The van der Waals surface area contributed by atoms with E-state index in [0.29, 0.717) is 6.17 Å². The molecule has 0 radical (unpaired) electrons. The normalized spacial score (nSPS) is 17.2. The van der Waals surface area contributed by atoms with Crippen molar-refractivity contribution in [3.05, 3.63) is 30.3 Å². The van der Waals surface area contributed by atoms with E-state index in [1.165, 1.54) is 38.0 Å². The molecule has 0 spiro atoms. The van der Waals surface area contributed by atoms with E-state index in [4.69, 9.17) is 0 Å². The van der Waals surface area contributed by atoms with Crippen LogP contribution in [0.4, 0.5) is 5.69 Å². The SMILES string of the molecule is CC(N1CCCCC1)N(C)c1ccccc1.Cl.Cl. The van der Waals surface area contributed by atoms with Crippen LogP contribution in [0.3, 0.4) is 0 Å². The Kier molecular flexibility index (Phi) is 8.41. The molecule has 18 heavy (non-hydrogen) atoms. The van der Waals surface area contributed by atoms with Gasteiger partial charge in [0.15, 0.2) is 0 Å². The highest BCUT2D eigenvalue weighted by Crippen LogP contribution is 2.19. The van der Waals surface area contributed by atoms with Crippen molar-refractivity contribution in [3.8, 4) is 0 Å². The first-order chi connectivity index (χ1) is 7.79. The molecule has 2 nitrogen and oxygen atoms in total. The average molecular weight is 291 g/mol. The molecule has 1 fully saturated rings. The lowest BCUT2D eigenvalue weighted by Crippen LogP contribution is -2.47. The third-order valence-corrected chi connectivity index (χ3v) is 3.64. The maximum absolute atomic E-state index is 2.58. The van der Waals surface area contributed by atoms with Crippen LogP contribution in [0.15, 0.2) is 30.3 Å². The van der Waals surface area contributed by atoms with Crippen molar-refractivity contribution in [3.63, 3.8) is 0 Å². The molecular formula is C14H24Cl2N2. The van der Waals surface area contributed by atoms with Gasteiger partial charge in [0.2, 0.25) is 0 Å². The second kappa shape index (κ2) is 8.63. The van der Waals surface area contributed by atoms with Crippen LogP contribution in [-0.4, -0.2) is 31.2 Å². The Morgan fingerprint density at radius 3 is 2.11 bits per heavy atom. The van der Waals surface area contributed by atoms with Crippen molar-refractivity contribution < 1.29 is 0 Å². The van der Waals surface area contributed by atoms with E-state index in [1.807, 2.05) is 0 Å². The van der Waals surface area contributed by atoms with Gasteiger partial charge in [-0.25, -0.2) is 0 Å². The first-order valence-corrected chi connectivity index (χ1v) is 6.31. The summed E-state index contributed by atoms with van der Waals surface area (Å²) in [7, 11) is 2.19. The van der Waals surface area contributed by atoms with E-state index in [9.17, 15) is 0 Å². The minimum atomic E-state index is 0. The molecule has 0 saturated carbocycles. The zero-order valence-corrected chi connectivity index (χ0v) is 12.8. The topological polar surface area (TPSA) is 6.48 Å². The first-order valence-electron chi connectivity index (χ1n) is 6.31. The van der Waals surface area contributed by atoms with Crippen molar-refractivity contribution in [2.75, 3.05) is 25.0 Å². The number of anilines is 1. The summed E-state index contributed by atoms with van der Waals surface area (Å²) in [5.41, 5.74) is 1.31. The standard InChI is InChI=1S/C14H22N2.2ClH/c1-13(16-11-7-4-8-12-16)15(2)14-9-5-3-6-10-14;;/h3,5-6,9-10,13H,4,7-8,11-12H2,1-2H3;2*1H. The predicted molar refractivity (Wildman–Crippen MR) is 84.2 cm³/mol. The van der Waals surface area contributed by atoms with E-state index in [0.717, 1.165) is 0 Å². The third kappa shape index (κ3) is 4.34. The van der Waals surface area contributed by atoms with Gasteiger partial charge in [0.25, 0.3) is 0 Å². The summed E-state index contributed by atoms with van der Waals surface area (Å²) in [6, 6.07) is 10.6. The van der Waals surface area contributed by atoms with E-state index in [-0.39, 0.29) is 24.8 Å². The molecule has 0 N–H and O–H groups in total. The van der Waals surface area contributed by atoms with Gasteiger partial charge in [0.05, 0.1) is 6.17 Å². The molecule has 1 aromatic carbocycles. The number of para-hydroxylation sites is 1. The molecule has 1 unspecified atom stereocenters. The fourth-order valence-corrected chi connectivity index (χ4v) is 2.42. The fourth-order valence-electron chi connectivity index (χ4n) is 2.42. The molecule has 1 aliphatic rings. The molecule has 1 aromatic rings. The monoisotopic (exact) mass is 290 g/mol. The maximum atomic E-state index is 2.58.